The fourth-order valence-corrected chi connectivity index (χ4v) is 3.18. The molecule has 0 amide bonds. The van der Waals surface area contributed by atoms with Gasteiger partial charge in [0.2, 0.25) is 0 Å². The number of aromatic amines is 1. The average molecular weight is 259 g/mol. The highest BCUT2D eigenvalue weighted by molar-refractivity contribution is 5.81. The van der Waals surface area contributed by atoms with E-state index in [1.807, 2.05) is 6.20 Å². The van der Waals surface area contributed by atoms with Gasteiger partial charge in [0, 0.05) is 30.0 Å². The van der Waals surface area contributed by atoms with Crippen LogP contribution >= 0.6 is 0 Å². The van der Waals surface area contributed by atoms with Gasteiger partial charge in [-0.2, -0.15) is 5.10 Å². The normalized spacial score (nSPS) is 27.2. The van der Waals surface area contributed by atoms with Crippen molar-refractivity contribution in [2.45, 2.75) is 38.8 Å². The average Bonchev–Trinajstić information content (AvgIpc) is 3.03. The van der Waals surface area contributed by atoms with Crippen molar-refractivity contribution in [1.29, 1.82) is 0 Å². The molecule has 1 aromatic heterocycles. The Labute approximate surface area is 113 Å². The Kier molecular flexibility index (Phi) is 3.29. The molecule has 0 radical (unpaired) electrons. The molecular weight excluding hydrogens is 238 g/mol. The van der Waals surface area contributed by atoms with Gasteiger partial charge in [-0.05, 0) is 18.4 Å². The van der Waals surface area contributed by atoms with E-state index in [2.05, 4.69) is 40.6 Å². The summed E-state index contributed by atoms with van der Waals surface area (Å²) in [6.07, 6.45) is 5.31. The first kappa shape index (κ1) is 12.6. The van der Waals surface area contributed by atoms with Gasteiger partial charge in [-0.25, -0.2) is 0 Å². The molecule has 0 bridgehead atoms. The van der Waals surface area contributed by atoms with Crippen molar-refractivity contribution in [3.8, 4) is 0 Å². The summed E-state index contributed by atoms with van der Waals surface area (Å²) in [6.45, 7) is 3.26. The van der Waals surface area contributed by atoms with Crippen LogP contribution in [0.5, 0.6) is 0 Å². The quantitative estimate of drug-likeness (QED) is 0.789. The lowest BCUT2D eigenvalue weighted by atomic mass is 9.85. The third-order valence-electron chi connectivity index (χ3n) is 4.55. The number of para-hydroxylation sites is 1. The Morgan fingerprint density at radius 3 is 3.26 bits per heavy atom. The molecule has 102 valence electrons. The zero-order valence-electron chi connectivity index (χ0n) is 11.3. The summed E-state index contributed by atoms with van der Waals surface area (Å²) in [5.41, 5.74) is 2.38. The number of benzene rings is 1. The van der Waals surface area contributed by atoms with E-state index in [1.54, 1.807) is 0 Å². The second-order valence-corrected chi connectivity index (χ2v) is 5.89. The number of fused-ring (bicyclic) bond motifs is 1. The van der Waals surface area contributed by atoms with Gasteiger partial charge in [-0.3, -0.25) is 5.10 Å². The monoisotopic (exact) mass is 259 g/mol. The fraction of sp³-hybridized carbons (Fsp3) is 0.533. The molecule has 2 atom stereocenters. The van der Waals surface area contributed by atoms with E-state index in [4.69, 9.17) is 0 Å². The smallest absolute Gasteiger partial charge is 0.0695 e. The van der Waals surface area contributed by atoms with Crippen LogP contribution in [-0.2, 0) is 6.54 Å². The molecule has 4 heteroatoms. The van der Waals surface area contributed by atoms with E-state index in [9.17, 15) is 5.11 Å². The maximum atomic E-state index is 9.58. The van der Waals surface area contributed by atoms with Crippen molar-refractivity contribution in [2.75, 3.05) is 6.61 Å². The van der Waals surface area contributed by atoms with Crippen LogP contribution in [0.3, 0.4) is 0 Å². The highest BCUT2D eigenvalue weighted by Gasteiger charge is 2.37. The van der Waals surface area contributed by atoms with E-state index in [0.717, 1.165) is 30.3 Å². The van der Waals surface area contributed by atoms with Crippen molar-refractivity contribution >= 4 is 10.9 Å². The first-order valence-corrected chi connectivity index (χ1v) is 6.98. The van der Waals surface area contributed by atoms with Crippen LogP contribution in [-0.4, -0.2) is 28.0 Å². The molecular formula is C15H21N3O. The van der Waals surface area contributed by atoms with Gasteiger partial charge in [0.25, 0.3) is 0 Å². The molecule has 0 aliphatic heterocycles. The number of aromatic nitrogens is 2. The van der Waals surface area contributed by atoms with E-state index < -0.39 is 0 Å². The summed E-state index contributed by atoms with van der Waals surface area (Å²) >= 11 is 0. The van der Waals surface area contributed by atoms with Gasteiger partial charge in [0.05, 0.1) is 11.7 Å². The summed E-state index contributed by atoms with van der Waals surface area (Å²) in [4.78, 5) is 0. The van der Waals surface area contributed by atoms with Gasteiger partial charge in [-0.15, -0.1) is 0 Å². The molecule has 1 aliphatic rings. The molecule has 0 saturated heterocycles. The lowest BCUT2D eigenvalue weighted by Crippen LogP contribution is -2.41. The minimum Gasteiger partial charge on any atom is -0.396 e. The standard InChI is InChI=1S/C15H21N3O/c1-15(10-19)7-3-6-13(15)16-8-11-4-2-5-12-9-17-18-14(11)12/h2,4-5,9,13,16,19H,3,6-8,10H2,1H3,(H,17,18). The topological polar surface area (TPSA) is 60.9 Å². The molecule has 4 nitrogen and oxygen atoms in total. The van der Waals surface area contributed by atoms with Crippen molar-refractivity contribution < 1.29 is 5.11 Å². The molecule has 1 saturated carbocycles. The number of aliphatic hydroxyl groups is 1. The molecule has 1 aliphatic carbocycles. The SMILES string of the molecule is CC1(CO)CCCC1NCc1cccc2cn[nH]c12. The lowest BCUT2D eigenvalue weighted by molar-refractivity contribution is 0.118. The molecule has 3 rings (SSSR count). The fourth-order valence-electron chi connectivity index (χ4n) is 3.18. The Morgan fingerprint density at radius 2 is 2.42 bits per heavy atom. The number of aliphatic hydroxyl groups excluding tert-OH is 1. The van der Waals surface area contributed by atoms with E-state index in [1.165, 1.54) is 12.0 Å². The largest absolute Gasteiger partial charge is 0.396 e. The van der Waals surface area contributed by atoms with E-state index in [-0.39, 0.29) is 12.0 Å². The molecule has 2 aromatic rings. The minimum absolute atomic E-state index is 0.0296. The number of H-pyrrole nitrogens is 1. The Balaban J connectivity index is 1.74. The maximum absolute atomic E-state index is 9.58. The van der Waals surface area contributed by atoms with Gasteiger partial charge >= 0.3 is 0 Å². The number of hydrogen-bond donors (Lipinski definition) is 3. The van der Waals surface area contributed by atoms with Crippen LogP contribution in [0.25, 0.3) is 10.9 Å². The first-order valence-electron chi connectivity index (χ1n) is 6.98. The number of rotatable bonds is 4. The molecule has 1 fully saturated rings. The third kappa shape index (κ3) is 2.26. The Bertz CT molecular complexity index is 565. The highest BCUT2D eigenvalue weighted by Crippen LogP contribution is 2.37. The van der Waals surface area contributed by atoms with Crippen LogP contribution < -0.4 is 5.32 Å². The van der Waals surface area contributed by atoms with Gasteiger partial charge in [0.1, 0.15) is 0 Å². The molecule has 0 spiro atoms. The van der Waals surface area contributed by atoms with Gasteiger partial charge in [-0.1, -0.05) is 31.5 Å². The summed E-state index contributed by atoms with van der Waals surface area (Å²) in [6, 6.07) is 6.65. The third-order valence-corrected chi connectivity index (χ3v) is 4.55. The Morgan fingerprint density at radius 1 is 1.53 bits per heavy atom. The van der Waals surface area contributed by atoms with Crippen LogP contribution in [0, 0.1) is 5.41 Å². The molecule has 2 unspecified atom stereocenters. The second-order valence-electron chi connectivity index (χ2n) is 5.89. The maximum Gasteiger partial charge on any atom is 0.0695 e. The lowest BCUT2D eigenvalue weighted by Gasteiger charge is -2.30. The van der Waals surface area contributed by atoms with Crippen molar-refractivity contribution in [1.82, 2.24) is 15.5 Å². The first-order chi connectivity index (χ1) is 9.23. The molecule has 3 N–H and O–H groups in total. The zero-order chi connectivity index (χ0) is 13.3. The van der Waals surface area contributed by atoms with Crippen LogP contribution in [0.15, 0.2) is 24.4 Å². The predicted molar refractivity (Wildman–Crippen MR) is 75.8 cm³/mol. The predicted octanol–water partition coefficient (Wildman–Crippen LogP) is 2.20. The summed E-state index contributed by atoms with van der Waals surface area (Å²) < 4.78 is 0. The number of hydrogen-bond acceptors (Lipinski definition) is 3. The van der Waals surface area contributed by atoms with Crippen molar-refractivity contribution in [3.63, 3.8) is 0 Å². The van der Waals surface area contributed by atoms with Crippen LogP contribution in [0.1, 0.15) is 31.7 Å². The van der Waals surface area contributed by atoms with E-state index >= 15 is 0 Å². The van der Waals surface area contributed by atoms with Crippen LogP contribution in [0.4, 0.5) is 0 Å². The molecule has 1 aromatic carbocycles. The number of nitrogens with one attached hydrogen (secondary N) is 2. The second kappa shape index (κ2) is 4.94. The van der Waals surface area contributed by atoms with Gasteiger partial charge < -0.3 is 10.4 Å². The van der Waals surface area contributed by atoms with Crippen molar-refractivity contribution in [3.05, 3.63) is 30.0 Å². The summed E-state index contributed by atoms with van der Waals surface area (Å²) in [5, 5.41) is 21.5. The summed E-state index contributed by atoms with van der Waals surface area (Å²) in [7, 11) is 0. The van der Waals surface area contributed by atoms with E-state index in [0.29, 0.717) is 6.04 Å². The zero-order valence-corrected chi connectivity index (χ0v) is 11.3. The van der Waals surface area contributed by atoms with Gasteiger partial charge in [0.15, 0.2) is 0 Å². The molecule has 19 heavy (non-hydrogen) atoms. The minimum atomic E-state index is 0.0296. The molecule has 1 heterocycles. The van der Waals surface area contributed by atoms with Crippen LogP contribution in [0.2, 0.25) is 0 Å². The number of nitrogens with zero attached hydrogens (tertiary/aromatic N) is 1. The van der Waals surface area contributed by atoms with Crippen molar-refractivity contribution in [2.24, 2.45) is 5.41 Å². The highest BCUT2D eigenvalue weighted by atomic mass is 16.3. The summed E-state index contributed by atoms with van der Waals surface area (Å²) in [5.74, 6) is 0. The Hall–Kier alpha value is -1.39.